The molecule has 0 saturated carbocycles. The topological polar surface area (TPSA) is 150 Å². The van der Waals surface area contributed by atoms with Crippen molar-refractivity contribution in [2.45, 2.75) is 25.8 Å². The number of nitrogens with zero attached hydrogens (tertiary/aromatic N) is 6. The number of halogens is 1. The third-order valence-corrected chi connectivity index (χ3v) is 8.30. The van der Waals surface area contributed by atoms with E-state index in [1.165, 1.54) is 25.4 Å². The summed E-state index contributed by atoms with van der Waals surface area (Å²) in [6, 6.07) is 4.50. The predicted octanol–water partition coefficient (Wildman–Crippen LogP) is 2.42. The van der Waals surface area contributed by atoms with Gasteiger partial charge in [-0.2, -0.15) is 0 Å². The monoisotopic (exact) mass is 631 g/mol. The number of aliphatic carboxylic acids is 1. The molecule has 238 valence electrons. The van der Waals surface area contributed by atoms with Crippen LogP contribution in [-0.2, 0) is 26.1 Å². The van der Waals surface area contributed by atoms with Crippen LogP contribution in [-0.4, -0.2) is 117 Å². The number of pyridine rings is 1. The predicted molar refractivity (Wildman–Crippen MR) is 164 cm³/mol. The number of sulfonamides is 1. The number of benzene rings is 1. The van der Waals surface area contributed by atoms with E-state index in [0.717, 1.165) is 51.0 Å². The molecule has 3 aromatic rings. The molecule has 0 unspecified atom stereocenters. The van der Waals surface area contributed by atoms with Crippen LogP contribution in [0.1, 0.15) is 24.8 Å². The fraction of sp³-hybridized carbons (Fsp3) is 0.517. The summed E-state index contributed by atoms with van der Waals surface area (Å²) in [5.41, 5.74) is 2.39. The number of carboxylic acid groups (broad SMARTS) is 1. The van der Waals surface area contributed by atoms with Gasteiger partial charge in [0.25, 0.3) is 0 Å². The van der Waals surface area contributed by atoms with Crippen LogP contribution in [0.2, 0.25) is 0 Å². The van der Waals surface area contributed by atoms with Crippen LogP contribution < -0.4 is 14.4 Å². The van der Waals surface area contributed by atoms with E-state index in [9.17, 15) is 13.2 Å². The Bertz CT molecular complexity index is 1590. The number of hydrogen-bond acceptors (Lipinski definition) is 11. The molecule has 1 aromatic carbocycles. The molecule has 5 rings (SSSR count). The minimum Gasteiger partial charge on any atom is -0.481 e. The van der Waals surface area contributed by atoms with Crippen LogP contribution in [0, 0.1) is 5.82 Å². The average molecular weight is 632 g/mol. The van der Waals surface area contributed by atoms with Crippen molar-refractivity contribution in [1.82, 2.24) is 24.8 Å². The van der Waals surface area contributed by atoms with E-state index in [-0.39, 0.29) is 18.0 Å². The van der Waals surface area contributed by atoms with E-state index in [1.54, 1.807) is 6.07 Å². The van der Waals surface area contributed by atoms with Crippen LogP contribution in [0.4, 0.5) is 16.0 Å². The highest BCUT2D eigenvalue weighted by molar-refractivity contribution is 7.92. The third-order valence-electron chi connectivity index (χ3n) is 7.71. The lowest BCUT2D eigenvalue weighted by Gasteiger charge is -2.35. The van der Waals surface area contributed by atoms with E-state index in [4.69, 9.17) is 24.5 Å². The standard InChI is InChI=1S/C29H38FN7O6S/c1-42-28-24(34-44(2,40)41)16-20(18-31-28)26-23-17-22(30)15-21(27(23)33-29(32-26)37-11-13-43-14-12-37)19-36-9-7-35(8-10-36)6-4-3-5-25(38)39/h15-18,34H,3-14,19H2,1-2H3,(H,38,39). The Kier molecular flexibility index (Phi) is 10.1. The molecule has 4 heterocycles. The Morgan fingerprint density at radius 3 is 2.48 bits per heavy atom. The highest BCUT2D eigenvalue weighted by Crippen LogP contribution is 2.35. The zero-order valence-electron chi connectivity index (χ0n) is 25.0. The van der Waals surface area contributed by atoms with Gasteiger partial charge in [0.15, 0.2) is 0 Å². The normalized spacial score (nSPS) is 16.8. The zero-order valence-corrected chi connectivity index (χ0v) is 25.8. The van der Waals surface area contributed by atoms with Crippen LogP contribution in [0.25, 0.3) is 22.2 Å². The Morgan fingerprint density at radius 1 is 1.07 bits per heavy atom. The molecule has 0 spiro atoms. The van der Waals surface area contributed by atoms with Crippen LogP contribution in [0.15, 0.2) is 24.4 Å². The number of rotatable bonds is 12. The number of unbranched alkanes of at least 4 members (excludes halogenated alkanes) is 1. The van der Waals surface area contributed by atoms with Crippen LogP contribution in [0.5, 0.6) is 5.88 Å². The minimum absolute atomic E-state index is 0.0961. The first-order valence-corrected chi connectivity index (χ1v) is 16.5. The summed E-state index contributed by atoms with van der Waals surface area (Å²) in [5, 5.41) is 9.36. The number of aromatic nitrogens is 3. The number of carboxylic acids is 1. The lowest BCUT2D eigenvalue weighted by atomic mass is 10.0. The van der Waals surface area contributed by atoms with Gasteiger partial charge >= 0.3 is 5.97 Å². The second-order valence-corrected chi connectivity index (χ2v) is 12.8. The summed E-state index contributed by atoms with van der Waals surface area (Å²) in [4.78, 5) is 31.5. The maximum absolute atomic E-state index is 15.2. The summed E-state index contributed by atoms with van der Waals surface area (Å²) in [6.45, 7) is 6.84. The fourth-order valence-electron chi connectivity index (χ4n) is 5.54. The van der Waals surface area contributed by atoms with Crippen molar-refractivity contribution in [2.24, 2.45) is 0 Å². The summed E-state index contributed by atoms with van der Waals surface area (Å²) in [6.07, 6.45) is 4.25. The lowest BCUT2D eigenvalue weighted by molar-refractivity contribution is -0.137. The molecular formula is C29H38FN7O6S. The van der Waals surface area contributed by atoms with Crippen molar-refractivity contribution < 1.29 is 32.2 Å². The Morgan fingerprint density at radius 2 is 1.80 bits per heavy atom. The first-order chi connectivity index (χ1) is 21.1. The number of methoxy groups -OCH3 is 1. The number of piperazine rings is 1. The van der Waals surface area contributed by atoms with Gasteiger partial charge in [-0.25, -0.2) is 27.8 Å². The van der Waals surface area contributed by atoms with E-state index in [1.807, 2.05) is 4.90 Å². The zero-order chi connectivity index (χ0) is 31.3. The summed E-state index contributed by atoms with van der Waals surface area (Å²) >= 11 is 0. The Hall–Kier alpha value is -3.66. The van der Waals surface area contributed by atoms with Crippen molar-refractivity contribution in [3.8, 4) is 17.1 Å². The molecule has 15 heteroatoms. The molecule has 2 aliphatic rings. The van der Waals surface area contributed by atoms with Gasteiger partial charge in [-0.1, -0.05) is 0 Å². The van der Waals surface area contributed by atoms with E-state index >= 15 is 4.39 Å². The maximum Gasteiger partial charge on any atom is 0.303 e. The molecule has 2 fully saturated rings. The van der Waals surface area contributed by atoms with E-state index < -0.39 is 21.8 Å². The lowest BCUT2D eigenvalue weighted by Crippen LogP contribution is -2.46. The number of hydrogen-bond donors (Lipinski definition) is 2. The van der Waals surface area contributed by atoms with Gasteiger partial charge in [-0.15, -0.1) is 0 Å². The molecule has 0 atom stereocenters. The van der Waals surface area contributed by atoms with Gasteiger partial charge in [-0.05, 0) is 43.1 Å². The number of nitrogens with one attached hydrogen (secondary N) is 1. The second kappa shape index (κ2) is 14.0. The van der Waals surface area contributed by atoms with Gasteiger partial charge in [-0.3, -0.25) is 14.4 Å². The van der Waals surface area contributed by atoms with E-state index in [2.05, 4.69) is 19.5 Å². The van der Waals surface area contributed by atoms with Gasteiger partial charge in [0.1, 0.15) is 11.5 Å². The Labute approximate surface area is 256 Å². The molecule has 2 aliphatic heterocycles. The van der Waals surface area contributed by atoms with Gasteiger partial charge < -0.3 is 24.4 Å². The molecule has 2 aromatic heterocycles. The molecule has 0 aliphatic carbocycles. The fourth-order valence-corrected chi connectivity index (χ4v) is 6.09. The molecule has 2 N–H and O–H groups in total. The van der Waals surface area contributed by atoms with Gasteiger partial charge in [0, 0.05) is 69.4 Å². The summed E-state index contributed by atoms with van der Waals surface area (Å²) < 4.78 is 52.6. The van der Waals surface area contributed by atoms with Crippen LogP contribution >= 0.6 is 0 Å². The van der Waals surface area contributed by atoms with Crippen molar-refractivity contribution in [3.63, 3.8) is 0 Å². The molecule has 44 heavy (non-hydrogen) atoms. The highest BCUT2D eigenvalue weighted by Gasteiger charge is 2.23. The molecular weight excluding hydrogens is 593 g/mol. The highest BCUT2D eigenvalue weighted by atomic mass is 32.2. The SMILES string of the molecule is COc1ncc(-c2nc(N3CCOCC3)nc3c(CN4CCN(CCCCC(=O)O)CC4)cc(F)cc23)cc1NS(C)(=O)=O. The minimum atomic E-state index is -3.64. The number of anilines is 2. The number of carbonyl (C=O) groups is 1. The summed E-state index contributed by atoms with van der Waals surface area (Å²) in [7, 11) is -2.24. The van der Waals surface area contributed by atoms with Crippen LogP contribution in [0.3, 0.4) is 0 Å². The molecule has 2 saturated heterocycles. The average Bonchev–Trinajstić information content (AvgIpc) is 2.99. The molecule has 0 bridgehead atoms. The summed E-state index contributed by atoms with van der Waals surface area (Å²) in [5.74, 6) is -0.623. The van der Waals surface area contributed by atoms with Crippen molar-refractivity contribution >= 4 is 38.5 Å². The second-order valence-electron chi connectivity index (χ2n) is 11.1. The molecule has 0 amide bonds. The van der Waals surface area contributed by atoms with Gasteiger partial charge in [0.05, 0.1) is 37.8 Å². The smallest absolute Gasteiger partial charge is 0.303 e. The first-order valence-electron chi connectivity index (χ1n) is 14.6. The van der Waals surface area contributed by atoms with Crippen molar-refractivity contribution in [3.05, 3.63) is 35.8 Å². The van der Waals surface area contributed by atoms with Crippen molar-refractivity contribution in [1.29, 1.82) is 0 Å². The third kappa shape index (κ3) is 8.08. The van der Waals surface area contributed by atoms with Crippen molar-refractivity contribution in [2.75, 3.05) is 82.0 Å². The number of ether oxygens (including phenoxy) is 2. The van der Waals surface area contributed by atoms with E-state index in [0.29, 0.717) is 67.4 Å². The number of morpholine rings is 1. The first kappa shape index (κ1) is 31.8. The molecule has 13 nitrogen and oxygen atoms in total. The quantitative estimate of drug-likeness (QED) is 0.283. The maximum atomic E-state index is 15.2. The number of fused-ring (bicyclic) bond motifs is 1. The molecule has 0 radical (unpaired) electrons. The van der Waals surface area contributed by atoms with Gasteiger partial charge in [0.2, 0.25) is 21.9 Å². The largest absolute Gasteiger partial charge is 0.481 e. The Balaban J connectivity index is 1.48.